The molecule has 2 rings (SSSR count). The smallest absolute Gasteiger partial charge is 0.240 e. The van der Waals surface area contributed by atoms with Crippen LogP contribution in [0.5, 0.6) is 0 Å². The number of aryl methyl sites for hydroxylation is 1. The summed E-state index contributed by atoms with van der Waals surface area (Å²) in [6.07, 6.45) is 0.568. The molecule has 2 N–H and O–H groups in total. The Kier molecular flexibility index (Phi) is 4.27. The van der Waals surface area contributed by atoms with Gasteiger partial charge in [-0.15, -0.1) is 0 Å². The average Bonchev–Trinajstić information content (AvgIpc) is 2.78. The Balaban J connectivity index is 2.09. The fraction of sp³-hybridized carbons (Fsp3) is 0.643. The monoisotopic (exact) mass is 265 g/mol. The fourth-order valence-electron chi connectivity index (χ4n) is 2.70. The van der Waals surface area contributed by atoms with Crippen LogP contribution < -0.4 is 5.73 Å². The maximum Gasteiger partial charge on any atom is 0.240 e. The quantitative estimate of drug-likeness (QED) is 0.885. The van der Waals surface area contributed by atoms with Gasteiger partial charge in [-0.3, -0.25) is 4.79 Å². The summed E-state index contributed by atoms with van der Waals surface area (Å²) in [6, 6.07) is 3.82. The molecule has 5 heteroatoms. The number of carbonyl (C=O) groups excluding carboxylic acids is 1. The number of ether oxygens (including phenoxy) is 1. The van der Waals surface area contributed by atoms with Crippen molar-refractivity contribution in [2.24, 2.45) is 5.73 Å². The SMILES string of the molecule is COCCC(N)C(=O)N1CCn2c(C)ccc2C1C. The highest BCUT2D eigenvalue weighted by Gasteiger charge is 2.30. The Morgan fingerprint density at radius 2 is 2.26 bits per heavy atom. The Bertz CT molecular complexity index is 456. The molecule has 2 heterocycles. The highest BCUT2D eigenvalue weighted by molar-refractivity contribution is 5.82. The van der Waals surface area contributed by atoms with Crippen LogP contribution in [-0.4, -0.2) is 41.7 Å². The maximum atomic E-state index is 12.4. The third-order valence-corrected chi connectivity index (χ3v) is 3.93. The van der Waals surface area contributed by atoms with E-state index < -0.39 is 6.04 Å². The summed E-state index contributed by atoms with van der Waals surface area (Å²) in [5.74, 6) is 0.0228. The number of hydrogen-bond acceptors (Lipinski definition) is 3. The van der Waals surface area contributed by atoms with Crippen molar-refractivity contribution in [3.63, 3.8) is 0 Å². The van der Waals surface area contributed by atoms with E-state index in [2.05, 4.69) is 30.5 Å². The fourth-order valence-corrected chi connectivity index (χ4v) is 2.70. The number of fused-ring (bicyclic) bond motifs is 1. The van der Waals surface area contributed by atoms with Crippen LogP contribution in [0.15, 0.2) is 12.1 Å². The number of carbonyl (C=O) groups is 1. The van der Waals surface area contributed by atoms with Crippen molar-refractivity contribution in [2.75, 3.05) is 20.3 Å². The van der Waals surface area contributed by atoms with Gasteiger partial charge in [-0.2, -0.15) is 0 Å². The molecule has 2 unspecified atom stereocenters. The van der Waals surface area contributed by atoms with Crippen LogP contribution in [-0.2, 0) is 16.1 Å². The van der Waals surface area contributed by atoms with Crippen molar-refractivity contribution in [1.82, 2.24) is 9.47 Å². The second-order valence-corrected chi connectivity index (χ2v) is 5.15. The first-order valence-electron chi connectivity index (χ1n) is 6.77. The van der Waals surface area contributed by atoms with Gasteiger partial charge >= 0.3 is 0 Å². The Hall–Kier alpha value is -1.33. The third-order valence-electron chi connectivity index (χ3n) is 3.93. The van der Waals surface area contributed by atoms with Gasteiger partial charge in [-0.1, -0.05) is 0 Å². The molecule has 1 amide bonds. The van der Waals surface area contributed by atoms with E-state index in [1.165, 1.54) is 11.4 Å². The number of aromatic nitrogens is 1. The summed E-state index contributed by atoms with van der Waals surface area (Å²) >= 11 is 0. The van der Waals surface area contributed by atoms with Gasteiger partial charge in [-0.05, 0) is 32.4 Å². The molecule has 0 fully saturated rings. The minimum Gasteiger partial charge on any atom is -0.385 e. The predicted molar refractivity (Wildman–Crippen MR) is 73.8 cm³/mol. The number of nitrogens with two attached hydrogens (primary N) is 1. The Labute approximate surface area is 114 Å². The molecule has 1 aromatic rings. The summed E-state index contributed by atoms with van der Waals surface area (Å²) in [7, 11) is 1.62. The van der Waals surface area contributed by atoms with E-state index in [4.69, 9.17) is 10.5 Å². The second kappa shape index (κ2) is 5.75. The molecule has 5 nitrogen and oxygen atoms in total. The van der Waals surface area contributed by atoms with Crippen molar-refractivity contribution in [3.8, 4) is 0 Å². The molecule has 1 aromatic heterocycles. The number of hydrogen-bond donors (Lipinski definition) is 1. The molecule has 19 heavy (non-hydrogen) atoms. The number of amides is 1. The summed E-state index contributed by atoms with van der Waals surface area (Å²) in [5, 5.41) is 0. The van der Waals surface area contributed by atoms with Crippen LogP contribution in [0.25, 0.3) is 0 Å². The molecule has 0 bridgehead atoms. The largest absolute Gasteiger partial charge is 0.385 e. The maximum absolute atomic E-state index is 12.4. The molecule has 0 aromatic carbocycles. The van der Waals surface area contributed by atoms with Crippen LogP contribution in [0.1, 0.15) is 30.8 Å². The highest BCUT2D eigenvalue weighted by atomic mass is 16.5. The van der Waals surface area contributed by atoms with E-state index in [0.29, 0.717) is 13.0 Å². The molecule has 0 saturated carbocycles. The lowest BCUT2D eigenvalue weighted by molar-refractivity contribution is -0.136. The van der Waals surface area contributed by atoms with Gasteiger partial charge in [0.2, 0.25) is 5.91 Å². The first-order valence-corrected chi connectivity index (χ1v) is 6.77. The minimum atomic E-state index is -0.468. The molecular formula is C14H23N3O2. The predicted octanol–water partition coefficient (Wildman–Crippen LogP) is 1.06. The lowest BCUT2D eigenvalue weighted by atomic mass is 10.1. The normalized spacial score (nSPS) is 20.2. The summed E-state index contributed by atoms with van der Waals surface area (Å²) in [6.45, 7) is 6.25. The third kappa shape index (κ3) is 2.67. The number of rotatable bonds is 4. The van der Waals surface area contributed by atoms with Crippen molar-refractivity contribution in [3.05, 3.63) is 23.5 Å². The average molecular weight is 265 g/mol. The summed E-state index contributed by atoms with van der Waals surface area (Å²) < 4.78 is 7.25. The van der Waals surface area contributed by atoms with Gasteiger partial charge in [0, 0.05) is 38.2 Å². The second-order valence-electron chi connectivity index (χ2n) is 5.15. The first kappa shape index (κ1) is 14.1. The van der Waals surface area contributed by atoms with E-state index in [1.807, 2.05) is 4.90 Å². The van der Waals surface area contributed by atoms with Crippen LogP contribution in [0.4, 0.5) is 0 Å². The van der Waals surface area contributed by atoms with Gasteiger partial charge < -0.3 is 19.9 Å². The molecule has 1 aliphatic rings. The van der Waals surface area contributed by atoms with E-state index in [0.717, 1.165) is 13.1 Å². The molecule has 0 spiro atoms. The van der Waals surface area contributed by atoms with Crippen LogP contribution >= 0.6 is 0 Å². The van der Waals surface area contributed by atoms with Crippen molar-refractivity contribution in [1.29, 1.82) is 0 Å². The van der Waals surface area contributed by atoms with Crippen molar-refractivity contribution < 1.29 is 9.53 Å². The zero-order valence-corrected chi connectivity index (χ0v) is 11.9. The van der Waals surface area contributed by atoms with Crippen LogP contribution in [0.3, 0.4) is 0 Å². The topological polar surface area (TPSA) is 60.5 Å². The van der Waals surface area contributed by atoms with E-state index in [1.54, 1.807) is 7.11 Å². The van der Waals surface area contributed by atoms with Gasteiger partial charge in [0.25, 0.3) is 0 Å². The van der Waals surface area contributed by atoms with Crippen LogP contribution in [0.2, 0.25) is 0 Å². The van der Waals surface area contributed by atoms with E-state index >= 15 is 0 Å². The zero-order valence-electron chi connectivity index (χ0n) is 11.9. The molecule has 106 valence electrons. The number of nitrogens with zero attached hydrogens (tertiary/aromatic N) is 2. The van der Waals surface area contributed by atoms with Crippen molar-refractivity contribution in [2.45, 2.75) is 38.9 Å². The van der Waals surface area contributed by atoms with Crippen LogP contribution in [0, 0.1) is 6.92 Å². The summed E-state index contributed by atoms with van der Waals surface area (Å²) in [5.41, 5.74) is 8.38. The van der Waals surface area contributed by atoms with Gasteiger partial charge in [0.15, 0.2) is 0 Å². The Morgan fingerprint density at radius 3 is 2.95 bits per heavy atom. The standard InChI is InChI=1S/C14H23N3O2/c1-10-4-5-13-11(2)17(8-7-16(10)13)14(18)12(15)6-9-19-3/h4-5,11-12H,6-9,15H2,1-3H3. The van der Waals surface area contributed by atoms with E-state index in [-0.39, 0.29) is 11.9 Å². The zero-order chi connectivity index (χ0) is 14.0. The lowest BCUT2D eigenvalue weighted by Gasteiger charge is -2.36. The first-order chi connectivity index (χ1) is 9.06. The molecule has 0 aliphatic carbocycles. The highest BCUT2D eigenvalue weighted by Crippen LogP contribution is 2.27. The number of methoxy groups -OCH3 is 1. The molecule has 2 atom stereocenters. The van der Waals surface area contributed by atoms with Gasteiger partial charge in [-0.25, -0.2) is 0 Å². The lowest BCUT2D eigenvalue weighted by Crippen LogP contribution is -2.48. The minimum absolute atomic E-state index is 0.0228. The molecule has 1 aliphatic heterocycles. The van der Waals surface area contributed by atoms with Gasteiger partial charge in [0.1, 0.15) is 0 Å². The molecular weight excluding hydrogens is 242 g/mol. The van der Waals surface area contributed by atoms with Gasteiger partial charge in [0.05, 0.1) is 12.1 Å². The van der Waals surface area contributed by atoms with Crippen molar-refractivity contribution >= 4 is 5.91 Å². The Morgan fingerprint density at radius 1 is 1.53 bits per heavy atom. The molecule has 0 saturated heterocycles. The summed E-state index contributed by atoms with van der Waals surface area (Å²) in [4.78, 5) is 14.3. The molecule has 0 radical (unpaired) electrons. The van der Waals surface area contributed by atoms with E-state index in [9.17, 15) is 4.79 Å².